The third-order valence-corrected chi connectivity index (χ3v) is 3.84. The van der Waals surface area contributed by atoms with Crippen LogP contribution in [-0.2, 0) is 12.8 Å². The molecule has 1 unspecified atom stereocenters. The molecule has 4 heteroatoms. The fraction of sp³-hybridized carbons (Fsp3) is 0.250. The molecule has 20 heavy (non-hydrogen) atoms. The van der Waals surface area contributed by atoms with Crippen molar-refractivity contribution in [3.8, 4) is 0 Å². The summed E-state index contributed by atoms with van der Waals surface area (Å²) < 4.78 is 27.0. The molecule has 2 aromatic carbocycles. The Kier molecular flexibility index (Phi) is 4.55. The first-order valence-electron chi connectivity index (χ1n) is 6.33. The van der Waals surface area contributed by atoms with Crippen LogP contribution in [0.1, 0.15) is 18.1 Å². The molecule has 0 saturated carbocycles. The molecule has 0 radical (unpaired) electrons. The van der Waals surface area contributed by atoms with Gasteiger partial charge in [0.1, 0.15) is 11.6 Å². The Morgan fingerprint density at radius 2 is 1.75 bits per heavy atom. The van der Waals surface area contributed by atoms with Crippen molar-refractivity contribution >= 4 is 15.9 Å². The van der Waals surface area contributed by atoms with E-state index in [1.807, 2.05) is 13.0 Å². The minimum absolute atomic E-state index is 0.263. The summed E-state index contributed by atoms with van der Waals surface area (Å²) in [5.41, 5.74) is 7.56. The van der Waals surface area contributed by atoms with Crippen LogP contribution in [0.25, 0.3) is 0 Å². The molecule has 0 heterocycles. The lowest BCUT2D eigenvalue weighted by atomic mass is 9.87. The van der Waals surface area contributed by atoms with Crippen molar-refractivity contribution in [2.75, 3.05) is 0 Å². The van der Waals surface area contributed by atoms with Crippen molar-refractivity contribution in [1.29, 1.82) is 0 Å². The molecule has 0 aliphatic rings. The molecule has 0 saturated heterocycles. The highest BCUT2D eigenvalue weighted by Crippen LogP contribution is 2.24. The summed E-state index contributed by atoms with van der Waals surface area (Å²) in [5, 5.41) is 0. The highest BCUT2D eigenvalue weighted by molar-refractivity contribution is 9.10. The van der Waals surface area contributed by atoms with Crippen molar-refractivity contribution < 1.29 is 8.78 Å². The largest absolute Gasteiger partial charge is 0.325 e. The Balaban J connectivity index is 2.14. The van der Waals surface area contributed by atoms with E-state index in [0.29, 0.717) is 17.3 Å². The summed E-state index contributed by atoms with van der Waals surface area (Å²) in [6.07, 6.45) is 1.12. The molecule has 0 bridgehead atoms. The van der Waals surface area contributed by atoms with E-state index in [1.54, 1.807) is 12.1 Å². The maximum atomic E-state index is 13.2. The molecule has 0 fully saturated rings. The Labute approximate surface area is 125 Å². The number of halogens is 3. The maximum Gasteiger partial charge on any atom is 0.124 e. The Morgan fingerprint density at radius 3 is 2.40 bits per heavy atom. The van der Waals surface area contributed by atoms with Crippen molar-refractivity contribution in [2.45, 2.75) is 25.3 Å². The maximum absolute atomic E-state index is 13.2. The van der Waals surface area contributed by atoms with Crippen molar-refractivity contribution in [2.24, 2.45) is 5.73 Å². The molecule has 1 atom stereocenters. The van der Waals surface area contributed by atoms with E-state index in [4.69, 9.17) is 5.73 Å². The number of benzene rings is 2. The molecule has 0 amide bonds. The first-order valence-corrected chi connectivity index (χ1v) is 7.12. The molecule has 0 spiro atoms. The average molecular weight is 340 g/mol. The van der Waals surface area contributed by atoms with E-state index >= 15 is 0 Å². The van der Waals surface area contributed by atoms with Crippen molar-refractivity contribution in [1.82, 2.24) is 0 Å². The number of rotatable bonds is 4. The zero-order valence-corrected chi connectivity index (χ0v) is 12.8. The summed E-state index contributed by atoms with van der Waals surface area (Å²) in [7, 11) is 0. The Hall–Kier alpha value is -1.26. The second-order valence-corrected chi connectivity index (χ2v) is 6.23. The lowest BCUT2D eigenvalue weighted by Gasteiger charge is -2.25. The predicted octanol–water partition coefficient (Wildman–Crippen LogP) is 4.23. The SMILES string of the molecule is CC(N)(Cc1cccc(F)c1)Cc1ccc(F)cc1Br. The van der Waals surface area contributed by atoms with Crippen LogP contribution in [0.2, 0.25) is 0 Å². The van der Waals surface area contributed by atoms with Gasteiger partial charge < -0.3 is 5.73 Å². The van der Waals surface area contributed by atoms with Crippen LogP contribution >= 0.6 is 15.9 Å². The van der Waals surface area contributed by atoms with Gasteiger partial charge in [-0.1, -0.05) is 34.1 Å². The lowest BCUT2D eigenvalue weighted by molar-refractivity contribution is 0.460. The monoisotopic (exact) mass is 339 g/mol. The van der Waals surface area contributed by atoms with Crippen LogP contribution in [0.5, 0.6) is 0 Å². The molecule has 0 aliphatic heterocycles. The van der Waals surface area contributed by atoms with Gasteiger partial charge in [0.25, 0.3) is 0 Å². The van der Waals surface area contributed by atoms with Gasteiger partial charge in [0, 0.05) is 10.0 Å². The van der Waals surface area contributed by atoms with Crippen molar-refractivity contribution in [3.63, 3.8) is 0 Å². The standard InChI is InChI=1S/C16H16BrF2N/c1-16(20,9-11-3-2-4-13(18)7-11)10-12-5-6-14(19)8-15(12)17/h2-8H,9-10,20H2,1H3. The molecular weight excluding hydrogens is 324 g/mol. The fourth-order valence-electron chi connectivity index (χ4n) is 2.28. The number of hydrogen-bond donors (Lipinski definition) is 1. The molecule has 1 nitrogen and oxygen atoms in total. The summed E-state index contributed by atoms with van der Waals surface area (Å²) in [4.78, 5) is 0. The number of nitrogens with two attached hydrogens (primary N) is 1. The molecule has 2 N–H and O–H groups in total. The van der Waals surface area contributed by atoms with Gasteiger partial charge in [-0.15, -0.1) is 0 Å². The van der Waals surface area contributed by atoms with E-state index in [2.05, 4.69) is 15.9 Å². The molecule has 0 aliphatic carbocycles. The van der Waals surface area contributed by atoms with Crippen molar-refractivity contribution in [3.05, 3.63) is 69.7 Å². The van der Waals surface area contributed by atoms with E-state index in [9.17, 15) is 8.78 Å². The zero-order chi connectivity index (χ0) is 14.8. The fourth-order valence-corrected chi connectivity index (χ4v) is 2.77. The summed E-state index contributed by atoms with van der Waals surface area (Å²) in [6.45, 7) is 1.91. The summed E-state index contributed by atoms with van der Waals surface area (Å²) >= 11 is 3.34. The normalized spacial score (nSPS) is 14.1. The average Bonchev–Trinajstić information content (AvgIpc) is 2.32. The van der Waals surface area contributed by atoms with Gasteiger partial charge in [0.2, 0.25) is 0 Å². The Morgan fingerprint density at radius 1 is 1.05 bits per heavy atom. The van der Waals surface area contributed by atoms with E-state index in [1.165, 1.54) is 24.3 Å². The predicted molar refractivity (Wildman–Crippen MR) is 80.5 cm³/mol. The van der Waals surface area contributed by atoms with Gasteiger partial charge in [-0.2, -0.15) is 0 Å². The van der Waals surface area contributed by atoms with Gasteiger partial charge in [0.15, 0.2) is 0 Å². The van der Waals surface area contributed by atoms with E-state index in [-0.39, 0.29) is 11.6 Å². The Bertz CT molecular complexity index is 611. The molecule has 2 aromatic rings. The summed E-state index contributed by atoms with van der Waals surface area (Å²) in [5.74, 6) is -0.550. The highest BCUT2D eigenvalue weighted by atomic mass is 79.9. The molecular formula is C16H16BrF2N. The van der Waals surface area contributed by atoms with Gasteiger partial charge in [-0.3, -0.25) is 0 Å². The number of hydrogen-bond acceptors (Lipinski definition) is 1. The van der Waals surface area contributed by atoms with Gasteiger partial charge in [0.05, 0.1) is 0 Å². The smallest absolute Gasteiger partial charge is 0.124 e. The van der Waals surface area contributed by atoms with Gasteiger partial charge >= 0.3 is 0 Å². The highest BCUT2D eigenvalue weighted by Gasteiger charge is 2.21. The second kappa shape index (κ2) is 6.02. The minimum atomic E-state index is -0.534. The van der Waals surface area contributed by atoms with Crippen LogP contribution in [-0.4, -0.2) is 5.54 Å². The van der Waals surface area contributed by atoms with Gasteiger partial charge in [-0.25, -0.2) is 8.78 Å². The van der Waals surface area contributed by atoms with Crippen LogP contribution in [0.15, 0.2) is 46.9 Å². The summed E-state index contributed by atoms with van der Waals surface area (Å²) in [6, 6.07) is 11.0. The van der Waals surface area contributed by atoms with Crippen LogP contribution in [0.3, 0.4) is 0 Å². The van der Waals surface area contributed by atoms with Crippen LogP contribution < -0.4 is 5.73 Å². The molecule has 106 valence electrons. The minimum Gasteiger partial charge on any atom is -0.325 e. The van der Waals surface area contributed by atoms with Gasteiger partial charge in [-0.05, 0) is 55.2 Å². The quantitative estimate of drug-likeness (QED) is 0.886. The van der Waals surface area contributed by atoms with E-state index < -0.39 is 5.54 Å². The van der Waals surface area contributed by atoms with Crippen LogP contribution in [0, 0.1) is 11.6 Å². The molecule has 2 rings (SSSR count). The van der Waals surface area contributed by atoms with E-state index in [0.717, 1.165) is 11.1 Å². The second-order valence-electron chi connectivity index (χ2n) is 5.37. The first-order chi connectivity index (χ1) is 9.35. The van der Waals surface area contributed by atoms with Crippen LogP contribution in [0.4, 0.5) is 8.78 Å². The molecule has 0 aromatic heterocycles. The lowest BCUT2D eigenvalue weighted by Crippen LogP contribution is -2.41. The topological polar surface area (TPSA) is 26.0 Å². The zero-order valence-electron chi connectivity index (χ0n) is 11.2. The third-order valence-electron chi connectivity index (χ3n) is 3.11. The first kappa shape index (κ1) is 15.1. The third kappa shape index (κ3) is 4.12.